The second-order valence-electron chi connectivity index (χ2n) is 3.70. The third-order valence-electron chi connectivity index (χ3n) is 2.17. The number of anilines is 1. The van der Waals surface area contributed by atoms with Crippen molar-refractivity contribution in [2.45, 2.75) is 6.92 Å². The molecule has 0 radical (unpaired) electrons. The van der Waals surface area contributed by atoms with Crippen LogP contribution in [-0.4, -0.2) is 23.7 Å². The van der Waals surface area contributed by atoms with E-state index in [4.69, 9.17) is 16.7 Å². The second kappa shape index (κ2) is 6.61. The van der Waals surface area contributed by atoms with Crippen LogP contribution in [0.5, 0.6) is 0 Å². The Labute approximate surface area is 118 Å². The quantitative estimate of drug-likeness (QED) is 0.791. The van der Waals surface area contributed by atoms with Crippen molar-refractivity contribution in [1.29, 1.82) is 0 Å². The number of rotatable bonds is 4. The van der Waals surface area contributed by atoms with Crippen molar-refractivity contribution in [2.75, 3.05) is 11.9 Å². The van der Waals surface area contributed by atoms with Gasteiger partial charge >= 0.3 is 12.0 Å². The molecule has 0 fully saturated rings. The number of hydrogen-bond donors (Lipinski definition) is 3. The zero-order valence-electron chi connectivity index (χ0n) is 9.54. The minimum atomic E-state index is -0.961. The smallest absolute Gasteiger partial charge is 0.319 e. The Morgan fingerprint density at radius 2 is 2.17 bits per heavy atom. The molecule has 0 saturated heterocycles. The molecule has 0 bridgehead atoms. The zero-order valence-corrected chi connectivity index (χ0v) is 11.9. The number of amides is 2. The maximum atomic E-state index is 11.5. The summed E-state index contributed by atoms with van der Waals surface area (Å²) in [6.07, 6.45) is 0. The van der Waals surface area contributed by atoms with Crippen LogP contribution in [0.3, 0.4) is 0 Å². The maximum Gasteiger partial charge on any atom is 0.319 e. The Kier molecular flexibility index (Phi) is 5.43. The van der Waals surface area contributed by atoms with E-state index >= 15 is 0 Å². The van der Waals surface area contributed by atoms with Crippen molar-refractivity contribution in [1.82, 2.24) is 5.32 Å². The van der Waals surface area contributed by atoms with Gasteiger partial charge in [0.1, 0.15) is 0 Å². The Balaban J connectivity index is 2.52. The van der Waals surface area contributed by atoms with Crippen molar-refractivity contribution in [3.63, 3.8) is 0 Å². The maximum absolute atomic E-state index is 11.5. The highest BCUT2D eigenvalue weighted by atomic mass is 79.9. The van der Waals surface area contributed by atoms with Gasteiger partial charge in [-0.1, -0.05) is 34.5 Å². The molecule has 7 heteroatoms. The van der Waals surface area contributed by atoms with E-state index in [0.29, 0.717) is 10.7 Å². The first-order valence-corrected chi connectivity index (χ1v) is 6.30. The fourth-order valence-corrected chi connectivity index (χ4v) is 1.81. The molecule has 1 unspecified atom stereocenters. The largest absolute Gasteiger partial charge is 0.481 e. The molecule has 2 amide bonds. The van der Waals surface area contributed by atoms with Crippen LogP contribution in [-0.2, 0) is 4.79 Å². The van der Waals surface area contributed by atoms with Crippen molar-refractivity contribution in [3.05, 3.63) is 27.7 Å². The molecule has 1 atom stereocenters. The van der Waals surface area contributed by atoms with Crippen molar-refractivity contribution >= 4 is 45.2 Å². The summed E-state index contributed by atoms with van der Waals surface area (Å²) in [6, 6.07) is 4.54. The van der Waals surface area contributed by atoms with E-state index in [-0.39, 0.29) is 6.54 Å². The number of carboxylic acid groups (broad SMARTS) is 1. The second-order valence-corrected chi connectivity index (χ2v) is 5.02. The number of urea groups is 1. The molecule has 0 aromatic heterocycles. The van der Waals surface area contributed by atoms with E-state index in [9.17, 15) is 9.59 Å². The van der Waals surface area contributed by atoms with E-state index < -0.39 is 17.9 Å². The summed E-state index contributed by atoms with van der Waals surface area (Å²) in [5.41, 5.74) is 0.459. The summed E-state index contributed by atoms with van der Waals surface area (Å²) in [5.74, 6) is -1.60. The first-order valence-electron chi connectivity index (χ1n) is 5.13. The number of nitrogens with one attached hydrogen (secondary N) is 2. The molecule has 0 heterocycles. The first-order chi connectivity index (χ1) is 8.40. The summed E-state index contributed by atoms with van der Waals surface area (Å²) >= 11 is 9.17. The number of carboxylic acids is 1. The van der Waals surface area contributed by atoms with Crippen LogP contribution in [0.4, 0.5) is 10.5 Å². The number of halogens is 2. The van der Waals surface area contributed by atoms with Crippen LogP contribution in [0.25, 0.3) is 0 Å². The number of hydrogen-bond acceptors (Lipinski definition) is 2. The first kappa shape index (κ1) is 14.8. The Hall–Kier alpha value is -1.27. The minimum Gasteiger partial charge on any atom is -0.481 e. The predicted octanol–water partition coefficient (Wildman–Crippen LogP) is 2.94. The molecule has 0 aliphatic rings. The van der Waals surface area contributed by atoms with Crippen LogP contribution in [0.2, 0.25) is 5.02 Å². The van der Waals surface area contributed by atoms with E-state index in [1.165, 1.54) is 6.92 Å². The molecule has 0 aliphatic carbocycles. The average Bonchev–Trinajstić information content (AvgIpc) is 2.29. The third-order valence-corrected chi connectivity index (χ3v) is 2.98. The Morgan fingerprint density at radius 1 is 1.50 bits per heavy atom. The molecule has 3 N–H and O–H groups in total. The summed E-state index contributed by atoms with van der Waals surface area (Å²) < 4.78 is 0.804. The van der Waals surface area contributed by atoms with Gasteiger partial charge in [-0.3, -0.25) is 4.79 Å². The lowest BCUT2D eigenvalue weighted by atomic mass is 10.2. The minimum absolute atomic E-state index is 0.0509. The standard InChI is InChI=1S/C11H12BrClN2O3/c1-6(10(16)17)5-14-11(18)15-9-3-2-7(12)4-8(9)13/h2-4,6H,5H2,1H3,(H,16,17)(H2,14,15,18). The molecule has 18 heavy (non-hydrogen) atoms. The van der Waals surface area contributed by atoms with Crippen molar-refractivity contribution in [3.8, 4) is 0 Å². The SMILES string of the molecule is CC(CNC(=O)Nc1ccc(Br)cc1Cl)C(=O)O. The normalized spacial score (nSPS) is 11.7. The topological polar surface area (TPSA) is 78.4 Å². The fourth-order valence-electron chi connectivity index (χ4n) is 1.09. The molecule has 1 aromatic rings. The molecule has 5 nitrogen and oxygen atoms in total. The number of benzene rings is 1. The molecular weight excluding hydrogens is 323 g/mol. The van der Waals surface area contributed by atoms with E-state index in [1.54, 1.807) is 18.2 Å². The van der Waals surface area contributed by atoms with Crippen LogP contribution in [0.15, 0.2) is 22.7 Å². The van der Waals surface area contributed by atoms with Gasteiger partial charge in [0.25, 0.3) is 0 Å². The highest BCUT2D eigenvalue weighted by molar-refractivity contribution is 9.10. The van der Waals surface area contributed by atoms with Gasteiger partial charge < -0.3 is 15.7 Å². The van der Waals surface area contributed by atoms with Gasteiger partial charge in [-0.2, -0.15) is 0 Å². The summed E-state index contributed by atoms with van der Waals surface area (Å²) in [7, 11) is 0. The zero-order chi connectivity index (χ0) is 13.7. The van der Waals surface area contributed by atoms with Crippen LogP contribution in [0, 0.1) is 5.92 Å². The Bertz CT molecular complexity index is 468. The summed E-state index contributed by atoms with van der Waals surface area (Å²) in [4.78, 5) is 22.1. The van der Waals surface area contributed by atoms with Crippen LogP contribution in [0.1, 0.15) is 6.92 Å². The molecule has 0 aliphatic heterocycles. The van der Waals surface area contributed by atoms with E-state index in [1.807, 2.05) is 0 Å². The van der Waals surface area contributed by atoms with Gasteiger partial charge in [-0.15, -0.1) is 0 Å². The number of aliphatic carboxylic acids is 1. The number of carbonyl (C=O) groups is 2. The highest BCUT2D eigenvalue weighted by Gasteiger charge is 2.12. The predicted molar refractivity (Wildman–Crippen MR) is 73.0 cm³/mol. The van der Waals surface area contributed by atoms with Crippen LogP contribution < -0.4 is 10.6 Å². The molecule has 0 saturated carbocycles. The number of carbonyl (C=O) groups excluding carboxylic acids is 1. The van der Waals surface area contributed by atoms with Gasteiger partial charge in [0, 0.05) is 11.0 Å². The van der Waals surface area contributed by atoms with Gasteiger partial charge in [-0.05, 0) is 18.2 Å². The van der Waals surface area contributed by atoms with Gasteiger partial charge in [0.2, 0.25) is 0 Å². The summed E-state index contributed by atoms with van der Waals surface area (Å²) in [6.45, 7) is 1.56. The van der Waals surface area contributed by atoms with E-state index in [2.05, 4.69) is 26.6 Å². The lowest BCUT2D eigenvalue weighted by molar-refractivity contribution is -0.140. The van der Waals surface area contributed by atoms with Crippen molar-refractivity contribution < 1.29 is 14.7 Å². The fraction of sp³-hybridized carbons (Fsp3) is 0.273. The summed E-state index contributed by atoms with van der Waals surface area (Å²) in [5, 5.41) is 14.0. The molecule has 0 spiro atoms. The molecule has 1 rings (SSSR count). The average molecular weight is 336 g/mol. The van der Waals surface area contributed by atoms with Gasteiger partial charge in [-0.25, -0.2) is 4.79 Å². The lowest BCUT2D eigenvalue weighted by Crippen LogP contribution is -2.34. The monoisotopic (exact) mass is 334 g/mol. The third kappa shape index (κ3) is 4.54. The molecular formula is C11H12BrClN2O3. The van der Waals surface area contributed by atoms with Crippen LogP contribution >= 0.6 is 27.5 Å². The Morgan fingerprint density at radius 3 is 2.72 bits per heavy atom. The molecule has 1 aromatic carbocycles. The van der Waals surface area contributed by atoms with E-state index in [0.717, 1.165) is 4.47 Å². The lowest BCUT2D eigenvalue weighted by Gasteiger charge is -2.11. The molecule has 98 valence electrons. The van der Waals surface area contributed by atoms with Gasteiger partial charge in [0.15, 0.2) is 0 Å². The highest BCUT2D eigenvalue weighted by Crippen LogP contribution is 2.25. The van der Waals surface area contributed by atoms with Crippen molar-refractivity contribution in [2.24, 2.45) is 5.92 Å². The van der Waals surface area contributed by atoms with Gasteiger partial charge in [0.05, 0.1) is 16.6 Å².